The van der Waals surface area contributed by atoms with Crippen molar-refractivity contribution in [2.75, 3.05) is 40.9 Å². The Kier molecular flexibility index (Phi) is 54.8. The number of rotatable bonds is 58. The van der Waals surface area contributed by atoms with Crippen molar-refractivity contribution in [2.24, 2.45) is 0 Å². The molecular weight excluding hydrogens is 976 g/mol. The highest BCUT2D eigenvalue weighted by Gasteiger charge is 2.30. The summed E-state index contributed by atoms with van der Waals surface area (Å²) in [4.78, 5) is 37.8. The minimum Gasteiger partial charge on any atom is -0.456 e. The summed E-state index contributed by atoms with van der Waals surface area (Å²) in [5, 5.41) is 3.06. The maximum atomic E-state index is 13.6. The average molecular weight is 1100 g/mol. The number of carbonyl (C=O) groups excluding carboxylic acids is 2. The molecule has 10 heteroatoms. The largest absolute Gasteiger partial charge is 0.472 e. The van der Waals surface area contributed by atoms with Gasteiger partial charge in [-0.1, -0.05) is 248 Å². The molecule has 2 N–H and O–H groups in total. The third-order valence-electron chi connectivity index (χ3n) is 14.1. The average Bonchev–Trinajstić information content (AvgIpc) is 3.39. The van der Waals surface area contributed by atoms with E-state index in [1.165, 1.54) is 167 Å². The first-order chi connectivity index (χ1) is 37.4. The molecule has 0 aliphatic rings. The molecule has 0 bridgehead atoms. The van der Waals surface area contributed by atoms with Crippen LogP contribution >= 0.6 is 7.82 Å². The topological polar surface area (TPSA) is 111 Å². The maximum Gasteiger partial charge on any atom is 0.472 e. The molecule has 0 saturated heterocycles. The molecule has 0 saturated carbocycles. The minimum absolute atomic E-state index is 0.0342. The van der Waals surface area contributed by atoms with Crippen molar-refractivity contribution in [1.82, 2.24) is 5.32 Å². The number of ether oxygens (including phenoxy) is 1. The van der Waals surface area contributed by atoms with Gasteiger partial charge in [-0.3, -0.25) is 18.6 Å². The van der Waals surface area contributed by atoms with Crippen LogP contribution in [0.4, 0.5) is 0 Å². The number of allylic oxidation sites excluding steroid dienone is 11. The zero-order valence-electron chi connectivity index (χ0n) is 51.2. The number of nitrogens with one attached hydrogen (secondary N) is 1. The second-order valence-electron chi connectivity index (χ2n) is 22.9. The maximum absolute atomic E-state index is 13.6. The Hall–Kier alpha value is -2.55. The Labute approximate surface area is 476 Å². The van der Waals surface area contributed by atoms with Gasteiger partial charge in [-0.05, 0) is 102 Å². The zero-order valence-corrected chi connectivity index (χ0v) is 52.1. The van der Waals surface area contributed by atoms with E-state index in [-0.39, 0.29) is 31.5 Å². The van der Waals surface area contributed by atoms with E-state index < -0.39 is 20.0 Å². The summed E-state index contributed by atoms with van der Waals surface area (Å²) >= 11 is 0. The quantitative estimate of drug-likeness (QED) is 0.0205. The molecule has 1 amide bonds. The summed E-state index contributed by atoms with van der Waals surface area (Å²) in [7, 11) is 1.48. The van der Waals surface area contributed by atoms with Crippen LogP contribution in [0.5, 0.6) is 0 Å². The molecule has 0 aliphatic heterocycles. The standard InChI is InChI=1S/C67H123N2O7P/c1-7-10-13-16-19-22-25-28-30-32-33-34-35-37-38-41-44-47-50-53-56-59-66(70)68-64(63-75-77(72,73)74-62-61-69(4,5)6)65(58-55-52-49-46-43-40-27-24-21-18-15-12-9-3)76-67(71)60-57-54-51-48-45-42-39-36-31-29-26-23-20-17-14-11-8-2/h19-20,22-23,28-31,39,42,55,58,64-65H,7-18,21,24-27,32-38,40-41,43-54,56-57,59-63H2,1-6H3,(H-,68,70,72,73)/p+1/b22-19-,23-20-,30-28-,31-29-,42-39-,58-55-. The van der Waals surface area contributed by atoms with Crippen molar-refractivity contribution < 1.29 is 37.3 Å². The molecule has 0 spiro atoms. The first-order valence-electron chi connectivity index (χ1n) is 32.3. The summed E-state index contributed by atoms with van der Waals surface area (Å²) in [6.07, 6.45) is 73.2. The number of esters is 1. The molecule has 9 nitrogen and oxygen atoms in total. The number of unbranched alkanes of at least 4 members (excludes halogenated alkanes) is 32. The highest BCUT2D eigenvalue weighted by Crippen LogP contribution is 2.43. The second-order valence-corrected chi connectivity index (χ2v) is 24.4. The summed E-state index contributed by atoms with van der Waals surface area (Å²) in [5.74, 6) is -0.528. The molecule has 0 aromatic carbocycles. The number of hydrogen-bond acceptors (Lipinski definition) is 6. The summed E-state index contributed by atoms with van der Waals surface area (Å²) in [5.41, 5.74) is 0. The Morgan fingerprint density at radius 1 is 0.455 bits per heavy atom. The lowest BCUT2D eigenvalue weighted by atomic mass is 10.0. The fourth-order valence-corrected chi connectivity index (χ4v) is 9.83. The molecule has 0 radical (unpaired) electrons. The molecule has 0 rings (SSSR count). The van der Waals surface area contributed by atoms with Crippen LogP contribution in [0, 0.1) is 0 Å². The Bertz CT molecular complexity index is 1550. The number of phosphoric ester groups is 1. The first-order valence-corrected chi connectivity index (χ1v) is 33.8. The lowest BCUT2D eigenvalue weighted by Gasteiger charge is -2.27. The lowest BCUT2D eigenvalue weighted by molar-refractivity contribution is -0.870. The van der Waals surface area contributed by atoms with Crippen LogP contribution < -0.4 is 5.32 Å². The van der Waals surface area contributed by atoms with E-state index in [1.807, 2.05) is 33.3 Å². The van der Waals surface area contributed by atoms with Crippen molar-refractivity contribution in [2.45, 2.75) is 303 Å². The van der Waals surface area contributed by atoms with Gasteiger partial charge >= 0.3 is 13.8 Å². The van der Waals surface area contributed by atoms with E-state index >= 15 is 0 Å². The van der Waals surface area contributed by atoms with E-state index in [0.717, 1.165) is 83.5 Å². The van der Waals surface area contributed by atoms with Crippen molar-refractivity contribution >= 4 is 19.7 Å². The van der Waals surface area contributed by atoms with Crippen LogP contribution in [0.15, 0.2) is 72.9 Å². The first kappa shape index (κ1) is 74.5. The number of hydrogen-bond donors (Lipinski definition) is 2. The van der Waals surface area contributed by atoms with Crippen molar-refractivity contribution in [3.8, 4) is 0 Å². The van der Waals surface area contributed by atoms with Crippen LogP contribution in [-0.2, 0) is 27.9 Å². The van der Waals surface area contributed by atoms with Crippen molar-refractivity contribution in [1.29, 1.82) is 0 Å². The minimum atomic E-state index is -4.46. The van der Waals surface area contributed by atoms with Gasteiger partial charge in [0.05, 0.1) is 33.8 Å². The molecule has 3 atom stereocenters. The van der Waals surface area contributed by atoms with Crippen LogP contribution in [0.1, 0.15) is 290 Å². The molecule has 77 heavy (non-hydrogen) atoms. The number of carbonyl (C=O) groups is 2. The predicted molar refractivity (Wildman–Crippen MR) is 332 cm³/mol. The zero-order chi connectivity index (χ0) is 56.4. The normalized spacial score (nSPS) is 14.1. The van der Waals surface area contributed by atoms with Gasteiger partial charge in [0.2, 0.25) is 5.91 Å². The van der Waals surface area contributed by atoms with Gasteiger partial charge in [0.1, 0.15) is 19.3 Å². The molecule has 0 heterocycles. The number of likely N-dealkylation sites (N-methyl/N-ethyl adjacent to an activating group) is 1. The highest BCUT2D eigenvalue weighted by atomic mass is 31.2. The predicted octanol–water partition coefficient (Wildman–Crippen LogP) is 20.0. The SMILES string of the molecule is CCCCC/C=C\C/C=C\C/C=C\CCCCCCC(=O)OC(/C=C\CCCCCCCCCCCCC)C(COP(=O)(O)OCC[N+](C)(C)C)NC(=O)CCCCCCCCCCCCC/C=C\C/C=C\CCCCC. The number of amides is 1. The summed E-state index contributed by atoms with van der Waals surface area (Å²) in [6, 6.07) is -0.861. The molecule has 448 valence electrons. The van der Waals surface area contributed by atoms with Crippen molar-refractivity contribution in [3.05, 3.63) is 72.9 Å². The molecule has 0 aromatic rings. The molecule has 3 unspecified atom stereocenters. The van der Waals surface area contributed by atoms with E-state index in [0.29, 0.717) is 23.9 Å². The summed E-state index contributed by atoms with van der Waals surface area (Å²) < 4.78 is 30.7. The van der Waals surface area contributed by atoms with Crippen LogP contribution in [0.25, 0.3) is 0 Å². The van der Waals surface area contributed by atoms with Gasteiger partial charge in [-0.15, -0.1) is 0 Å². The highest BCUT2D eigenvalue weighted by molar-refractivity contribution is 7.47. The third kappa shape index (κ3) is 57.9. The Morgan fingerprint density at radius 3 is 1.21 bits per heavy atom. The third-order valence-corrected chi connectivity index (χ3v) is 15.1. The van der Waals surface area contributed by atoms with Gasteiger partial charge in [0.15, 0.2) is 0 Å². The fourth-order valence-electron chi connectivity index (χ4n) is 9.10. The monoisotopic (exact) mass is 1100 g/mol. The second kappa shape index (κ2) is 56.7. The van der Waals surface area contributed by atoms with E-state index in [9.17, 15) is 19.0 Å². The Morgan fingerprint density at radius 2 is 0.792 bits per heavy atom. The Balaban J connectivity index is 5.27. The number of phosphoric acid groups is 1. The lowest BCUT2D eigenvalue weighted by Crippen LogP contribution is -2.47. The molecular formula is C67H124N2O7P+. The van der Waals surface area contributed by atoms with E-state index in [1.54, 1.807) is 0 Å². The van der Waals surface area contributed by atoms with E-state index in [2.05, 4.69) is 86.8 Å². The molecule has 0 fully saturated rings. The number of quaternary nitrogens is 1. The fraction of sp³-hybridized carbons (Fsp3) is 0.791. The van der Waals surface area contributed by atoms with Crippen LogP contribution in [0.3, 0.4) is 0 Å². The van der Waals surface area contributed by atoms with Gasteiger partial charge < -0.3 is 19.4 Å². The van der Waals surface area contributed by atoms with Crippen LogP contribution in [0.2, 0.25) is 0 Å². The summed E-state index contributed by atoms with van der Waals surface area (Å²) in [6.45, 7) is 6.96. The van der Waals surface area contributed by atoms with Gasteiger partial charge in [-0.25, -0.2) is 4.57 Å². The smallest absolute Gasteiger partial charge is 0.456 e. The van der Waals surface area contributed by atoms with Gasteiger partial charge in [-0.2, -0.15) is 0 Å². The molecule has 0 aromatic heterocycles. The van der Waals surface area contributed by atoms with Gasteiger partial charge in [0, 0.05) is 12.8 Å². The molecule has 0 aliphatic carbocycles. The van der Waals surface area contributed by atoms with Gasteiger partial charge in [0.25, 0.3) is 0 Å². The van der Waals surface area contributed by atoms with Crippen molar-refractivity contribution in [3.63, 3.8) is 0 Å². The number of nitrogens with zero attached hydrogens (tertiary/aromatic N) is 1. The van der Waals surface area contributed by atoms with Crippen LogP contribution in [-0.4, -0.2) is 74.3 Å². The van der Waals surface area contributed by atoms with E-state index in [4.69, 9.17) is 13.8 Å².